The Hall–Kier alpha value is -1.43. The highest BCUT2D eigenvalue weighted by molar-refractivity contribution is 7.11. The number of rotatable bonds is 5. The average molecular weight is 228 g/mol. The van der Waals surface area contributed by atoms with Gasteiger partial charge in [0, 0.05) is 0 Å². The highest BCUT2D eigenvalue weighted by Gasteiger charge is 2.19. The minimum Gasteiger partial charge on any atom is -0.480 e. The second-order valence-corrected chi connectivity index (χ2v) is 3.90. The highest BCUT2D eigenvalue weighted by atomic mass is 32.1. The summed E-state index contributed by atoms with van der Waals surface area (Å²) in [6.07, 6.45) is 2.56. The molecule has 1 amide bonds. The molecular weight excluding hydrogens is 216 g/mol. The van der Waals surface area contributed by atoms with E-state index >= 15 is 0 Å². The summed E-state index contributed by atoms with van der Waals surface area (Å²) in [5.41, 5.74) is 1.53. The number of hydrogen-bond acceptors (Lipinski definition) is 4. The molecule has 1 heterocycles. The van der Waals surface area contributed by atoms with E-state index in [4.69, 9.17) is 5.11 Å². The zero-order chi connectivity index (χ0) is 11.3. The number of carbonyl (C=O) groups is 2. The van der Waals surface area contributed by atoms with E-state index in [0.717, 1.165) is 0 Å². The van der Waals surface area contributed by atoms with Crippen LogP contribution in [-0.4, -0.2) is 28.0 Å². The zero-order valence-corrected chi connectivity index (χ0v) is 9.08. The minimum absolute atomic E-state index is 0.377. The third-order valence-electron chi connectivity index (χ3n) is 1.84. The van der Waals surface area contributed by atoms with Crippen molar-refractivity contribution in [2.45, 2.75) is 25.8 Å². The van der Waals surface area contributed by atoms with Crippen molar-refractivity contribution in [3.05, 3.63) is 16.6 Å². The first-order chi connectivity index (χ1) is 7.15. The van der Waals surface area contributed by atoms with E-state index in [1.54, 1.807) is 0 Å². The predicted molar refractivity (Wildman–Crippen MR) is 55.9 cm³/mol. The maximum Gasteiger partial charge on any atom is 0.326 e. The number of thiazole rings is 1. The Labute approximate surface area is 91.1 Å². The smallest absolute Gasteiger partial charge is 0.326 e. The number of nitrogens with zero attached hydrogens (tertiary/aromatic N) is 1. The van der Waals surface area contributed by atoms with Gasteiger partial charge in [0.15, 0.2) is 0 Å². The van der Waals surface area contributed by atoms with Gasteiger partial charge in [-0.25, -0.2) is 4.79 Å². The van der Waals surface area contributed by atoms with Gasteiger partial charge in [-0.05, 0) is 6.42 Å². The van der Waals surface area contributed by atoms with Crippen LogP contribution in [0, 0.1) is 0 Å². The van der Waals surface area contributed by atoms with Gasteiger partial charge in [0.05, 0.1) is 11.7 Å². The fourth-order valence-corrected chi connectivity index (χ4v) is 1.63. The van der Waals surface area contributed by atoms with E-state index in [0.29, 0.717) is 17.7 Å². The van der Waals surface area contributed by atoms with Gasteiger partial charge < -0.3 is 10.4 Å². The van der Waals surface area contributed by atoms with Gasteiger partial charge in [0.2, 0.25) is 0 Å². The second-order valence-electron chi connectivity index (χ2n) is 3.02. The normalized spacial score (nSPS) is 12.1. The summed E-state index contributed by atoms with van der Waals surface area (Å²) in [6, 6.07) is -0.815. The van der Waals surface area contributed by atoms with Gasteiger partial charge in [-0.2, -0.15) is 0 Å². The maximum absolute atomic E-state index is 11.5. The summed E-state index contributed by atoms with van der Waals surface area (Å²) in [7, 11) is 0. The number of hydrogen-bond donors (Lipinski definition) is 2. The molecule has 1 aromatic rings. The molecule has 6 heteroatoms. The Morgan fingerprint density at radius 3 is 2.87 bits per heavy atom. The lowest BCUT2D eigenvalue weighted by atomic mass is 10.1. The van der Waals surface area contributed by atoms with Crippen LogP contribution in [0.1, 0.15) is 29.4 Å². The second kappa shape index (κ2) is 5.45. The summed E-state index contributed by atoms with van der Waals surface area (Å²) in [6.45, 7) is 1.87. The van der Waals surface area contributed by atoms with Gasteiger partial charge in [-0.1, -0.05) is 13.3 Å². The van der Waals surface area contributed by atoms with E-state index in [1.807, 2.05) is 6.92 Å². The third kappa shape index (κ3) is 3.32. The average Bonchev–Trinajstić information content (AvgIpc) is 2.69. The molecule has 82 valence electrons. The zero-order valence-electron chi connectivity index (χ0n) is 8.27. The number of carboxylic acid groups (broad SMARTS) is 1. The Bertz CT molecular complexity index is 337. The van der Waals surface area contributed by atoms with Crippen LogP contribution in [0.2, 0.25) is 0 Å². The number of amides is 1. The van der Waals surface area contributed by atoms with Crippen LogP contribution in [0.15, 0.2) is 11.7 Å². The summed E-state index contributed by atoms with van der Waals surface area (Å²) in [4.78, 5) is 26.4. The molecule has 5 nitrogen and oxygen atoms in total. The summed E-state index contributed by atoms with van der Waals surface area (Å²) >= 11 is 1.19. The fraction of sp³-hybridized carbons (Fsp3) is 0.444. The highest BCUT2D eigenvalue weighted by Crippen LogP contribution is 2.06. The van der Waals surface area contributed by atoms with Crippen molar-refractivity contribution in [3.63, 3.8) is 0 Å². The van der Waals surface area contributed by atoms with Gasteiger partial charge in [-0.3, -0.25) is 9.78 Å². The molecule has 0 spiro atoms. The lowest BCUT2D eigenvalue weighted by Gasteiger charge is -2.12. The molecule has 1 unspecified atom stereocenters. The molecule has 15 heavy (non-hydrogen) atoms. The number of carbonyl (C=O) groups excluding carboxylic acids is 1. The maximum atomic E-state index is 11.5. The van der Waals surface area contributed by atoms with Gasteiger partial charge in [0.25, 0.3) is 5.91 Å². The van der Waals surface area contributed by atoms with Crippen molar-refractivity contribution in [2.24, 2.45) is 0 Å². The first-order valence-corrected chi connectivity index (χ1v) is 5.45. The third-order valence-corrected chi connectivity index (χ3v) is 2.61. The SMILES string of the molecule is CCCC(NC(=O)c1cncs1)C(=O)O. The Kier molecular flexibility index (Phi) is 4.23. The van der Waals surface area contributed by atoms with E-state index in [2.05, 4.69) is 10.3 Å². The van der Waals surface area contributed by atoms with Crippen molar-refractivity contribution in [3.8, 4) is 0 Å². The number of nitrogens with one attached hydrogen (secondary N) is 1. The van der Waals surface area contributed by atoms with Crippen molar-refractivity contribution in [1.29, 1.82) is 0 Å². The van der Waals surface area contributed by atoms with Crippen LogP contribution < -0.4 is 5.32 Å². The van der Waals surface area contributed by atoms with E-state index in [9.17, 15) is 9.59 Å². The molecule has 0 saturated heterocycles. The molecule has 0 aliphatic heterocycles. The molecule has 0 bridgehead atoms. The van der Waals surface area contributed by atoms with E-state index < -0.39 is 12.0 Å². The predicted octanol–water partition coefficient (Wildman–Crippen LogP) is 1.13. The molecule has 0 aliphatic carbocycles. The number of carboxylic acids is 1. The van der Waals surface area contributed by atoms with Crippen LogP contribution in [0.3, 0.4) is 0 Å². The standard InChI is InChI=1S/C9H12N2O3S/c1-2-3-6(9(13)14)11-8(12)7-4-10-5-15-7/h4-6H,2-3H2,1H3,(H,11,12)(H,13,14). The first kappa shape index (κ1) is 11.6. The van der Waals surface area contributed by atoms with Crippen LogP contribution in [-0.2, 0) is 4.79 Å². The topological polar surface area (TPSA) is 79.3 Å². The molecule has 1 aromatic heterocycles. The van der Waals surface area contributed by atoms with Crippen LogP contribution in [0.5, 0.6) is 0 Å². The number of aliphatic carboxylic acids is 1. The van der Waals surface area contributed by atoms with Gasteiger partial charge in [-0.15, -0.1) is 11.3 Å². The van der Waals surface area contributed by atoms with E-state index in [-0.39, 0.29) is 5.91 Å². The van der Waals surface area contributed by atoms with Crippen molar-refractivity contribution >= 4 is 23.2 Å². The van der Waals surface area contributed by atoms with Gasteiger partial charge in [0.1, 0.15) is 10.9 Å². The Balaban J connectivity index is 2.59. The molecular formula is C9H12N2O3S. The van der Waals surface area contributed by atoms with Crippen molar-refractivity contribution < 1.29 is 14.7 Å². The summed E-state index contributed by atoms with van der Waals surface area (Å²) < 4.78 is 0. The monoisotopic (exact) mass is 228 g/mol. The number of aromatic nitrogens is 1. The molecule has 0 radical (unpaired) electrons. The van der Waals surface area contributed by atoms with Crippen molar-refractivity contribution in [1.82, 2.24) is 10.3 Å². The van der Waals surface area contributed by atoms with Crippen LogP contribution in [0.25, 0.3) is 0 Å². The summed E-state index contributed by atoms with van der Waals surface area (Å²) in [5.74, 6) is -1.38. The molecule has 1 atom stereocenters. The summed E-state index contributed by atoms with van der Waals surface area (Å²) in [5, 5.41) is 11.3. The molecule has 0 aliphatic rings. The first-order valence-electron chi connectivity index (χ1n) is 4.57. The lowest BCUT2D eigenvalue weighted by molar-refractivity contribution is -0.139. The molecule has 0 saturated carbocycles. The van der Waals surface area contributed by atoms with Gasteiger partial charge >= 0.3 is 5.97 Å². The lowest BCUT2D eigenvalue weighted by Crippen LogP contribution is -2.40. The van der Waals surface area contributed by atoms with Crippen molar-refractivity contribution in [2.75, 3.05) is 0 Å². The fourth-order valence-electron chi connectivity index (χ4n) is 1.10. The van der Waals surface area contributed by atoms with Crippen LogP contribution >= 0.6 is 11.3 Å². The molecule has 2 N–H and O–H groups in total. The molecule has 0 fully saturated rings. The quantitative estimate of drug-likeness (QED) is 0.791. The van der Waals surface area contributed by atoms with Crippen LogP contribution in [0.4, 0.5) is 0 Å². The minimum atomic E-state index is -1.00. The largest absolute Gasteiger partial charge is 0.480 e. The Morgan fingerprint density at radius 2 is 2.40 bits per heavy atom. The van der Waals surface area contributed by atoms with E-state index in [1.165, 1.54) is 23.0 Å². The molecule has 0 aromatic carbocycles. The molecule has 1 rings (SSSR count). The Morgan fingerprint density at radius 1 is 1.67 bits per heavy atom.